The Balaban J connectivity index is 1.71. The van der Waals surface area contributed by atoms with Crippen LogP contribution >= 0.6 is 0 Å². The maximum atomic E-state index is 13.2. The highest BCUT2D eigenvalue weighted by Crippen LogP contribution is 2.30. The molecule has 1 atom stereocenters. The first kappa shape index (κ1) is 21.2. The van der Waals surface area contributed by atoms with Crippen molar-refractivity contribution in [3.63, 3.8) is 0 Å². The summed E-state index contributed by atoms with van der Waals surface area (Å²) in [6.45, 7) is 0. The zero-order valence-corrected chi connectivity index (χ0v) is 18.3. The monoisotopic (exact) mass is 432 g/mol. The Morgan fingerprint density at radius 2 is 1.66 bits per heavy atom. The van der Waals surface area contributed by atoms with E-state index in [0.29, 0.717) is 28.5 Å². The first-order chi connectivity index (χ1) is 15.5. The van der Waals surface area contributed by atoms with Crippen LogP contribution in [0.4, 0.5) is 0 Å². The molecule has 0 spiro atoms. The molecule has 8 heteroatoms. The van der Waals surface area contributed by atoms with Crippen molar-refractivity contribution in [2.45, 2.75) is 6.04 Å². The SMILES string of the molecule is COc1cc(OC)cc(C(NC(=O)c2ccc3cc(OC)ccc3n2)c2nccn2C)c1. The summed E-state index contributed by atoms with van der Waals surface area (Å²) in [4.78, 5) is 22.2. The number of nitrogens with zero attached hydrogens (tertiary/aromatic N) is 3. The number of nitrogens with one attached hydrogen (secondary N) is 1. The van der Waals surface area contributed by atoms with Crippen LogP contribution in [0.3, 0.4) is 0 Å². The molecule has 2 heterocycles. The number of carbonyl (C=O) groups is 1. The van der Waals surface area contributed by atoms with E-state index in [1.807, 2.05) is 54.2 Å². The highest BCUT2D eigenvalue weighted by molar-refractivity contribution is 5.95. The number of imidazole rings is 1. The summed E-state index contributed by atoms with van der Waals surface area (Å²) in [7, 11) is 6.66. The van der Waals surface area contributed by atoms with E-state index in [9.17, 15) is 4.79 Å². The van der Waals surface area contributed by atoms with Crippen molar-refractivity contribution in [3.05, 3.63) is 78.0 Å². The second-order valence-electron chi connectivity index (χ2n) is 7.20. The molecule has 0 aliphatic heterocycles. The second kappa shape index (κ2) is 8.97. The molecule has 4 rings (SSSR count). The maximum Gasteiger partial charge on any atom is 0.270 e. The van der Waals surface area contributed by atoms with Crippen molar-refractivity contribution < 1.29 is 19.0 Å². The average Bonchev–Trinajstić information content (AvgIpc) is 3.26. The van der Waals surface area contributed by atoms with Gasteiger partial charge in [-0.25, -0.2) is 9.97 Å². The molecule has 1 N–H and O–H groups in total. The number of aryl methyl sites for hydroxylation is 1. The average molecular weight is 432 g/mol. The van der Waals surface area contributed by atoms with Crippen LogP contribution in [0.5, 0.6) is 17.2 Å². The predicted molar refractivity (Wildman–Crippen MR) is 120 cm³/mol. The number of pyridine rings is 1. The molecule has 2 aromatic carbocycles. The summed E-state index contributed by atoms with van der Waals surface area (Å²) in [5.41, 5.74) is 1.78. The minimum Gasteiger partial charge on any atom is -0.497 e. The van der Waals surface area contributed by atoms with E-state index in [2.05, 4.69) is 15.3 Å². The molecule has 1 unspecified atom stereocenters. The molecule has 0 fully saturated rings. The molecule has 0 aliphatic rings. The Morgan fingerprint density at radius 3 is 2.28 bits per heavy atom. The van der Waals surface area contributed by atoms with E-state index in [4.69, 9.17) is 14.2 Å². The van der Waals surface area contributed by atoms with Gasteiger partial charge in [-0.2, -0.15) is 0 Å². The van der Waals surface area contributed by atoms with Gasteiger partial charge in [-0.05, 0) is 42.0 Å². The lowest BCUT2D eigenvalue weighted by molar-refractivity contribution is 0.0936. The van der Waals surface area contributed by atoms with Crippen molar-refractivity contribution in [2.75, 3.05) is 21.3 Å². The largest absolute Gasteiger partial charge is 0.497 e. The van der Waals surface area contributed by atoms with Gasteiger partial charge in [0.05, 0.1) is 26.8 Å². The van der Waals surface area contributed by atoms with Crippen molar-refractivity contribution in [2.24, 2.45) is 7.05 Å². The lowest BCUT2D eigenvalue weighted by Crippen LogP contribution is -2.31. The number of hydrogen-bond donors (Lipinski definition) is 1. The fourth-order valence-electron chi connectivity index (χ4n) is 3.51. The Kier molecular flexibility index (Phi) is 5.93. The molecule has 32 heavy (non-hydrogen) atoms. The summed E-state index contributed by atoms with van der Waals surface area (Å²) in [5.74, 6) is 2.31. The smallest absolute Gasteiger partial charge is 0.270 e. The number of amides is 1. The Morgan fingerprint density at radius 1 is 0.938 bits per heavy atom. The lowest BCUT2D eigenvalue weighted by Gasteiger charge is -2.20. The summed E-state index contributed by atoms with van der Waals surface area (Å²) in [6.07, 6.45) is 3.51. The number of rotatable bonds is 7. The summed E-state index contributed by atoms with van der Waals surface area (Å²) in [6, 6.07) is 14.0. The van der Waals surface area contributed by atoms with Gasteiger partial charge >= 0.3 is 0 Å². The van der Waals surface area contributed by atoms with E-state index >= 15 is 0 Å². The highest BCUT2D eigenvalue weighted by atomic mass is 16.5. The maximum absolute atomic E-state index is 13.2. The van der Waals surface area contributed by atoms with E-state index in [0.717, 1.165) is 16.7 Å². The van der Waals surface area contributed by atoms with Gasteiger partial charge in [-0.1, -0.05) is 6.07 Å². The summed E-state index contributed by atoms with van der Waals surface area (Å²) < 4.78 is 17.9. The third kappa shape index (κ3) is 4.20. The normalized spacial score (nSPS) is 11.8. The third-order valence-electron chi connectivity index (χ3n) is 5.23. The Labute approximate surface area is 185 Å². The van der Waals surface area contributed by atoms with Gasteiger partial charge in [0.25, 0.3) is 5.91 Å². The first-order valence-corrected chi connectivity index (χ1v) is 9.98. The van der Waals surface area contributed by atoms with Crippen LogP contribution in [0, 0.1) is 0 Å². The molecule has 8 nitrogen and oxygen atoms in total. The van der Waals surface area contributed by atoms with Gasteiger partial charge in [0.2, 0.25) is 0 Å². The molecule has 0 bridgehead atoms. The molecule has 2 aromatic heterocycles. The molecule has 0 saturated carbocycles. The molecule has 0 aliphatic carbocycles. The molecule has 0 radical (unpaired) electrons. The number of ether oxygens (including phenoxy) is 3. The van der Waals surface area contributed by atoms with Crippen LogP contribution in [0.2, 0.25) is 0 Å². The van der Waals surface area contributed by atoms with Crippen LogP contribution in [0.25, 0.3) is 10.9 Å². The van der Waals surface area contributed by atoms with E-state index in [1.54, 1.807) is 39.7 Å². The van der Waals surface area contributed by atoms with Gasteiger partial charge in [0.15, 0.2) is 0 Å². The quantitative estimate of drug-likeness (QED) is 0.481. The zero-order valence-electron chi connectivity index (χ0n) is 18.3. The van der Waals surface area contributed by atoms with Gasteiger partial charge in [0, 0.05) is 30.9 Å². The zero-order chi connectivity index (χ0) is 22.7. The molecule has 0 saturated heterocycles. The minimum atomic E-state index is -0.542. The standard InChI is InChI=1S/C24H24N4O4/c1-28-10-9-25-23(28)22(16-12-18(31-3)14-19(13-16)32-4)27-24(29)21-7-5-15-11-17(30-2)6-8-20(15)26-21/h5-14,22H,1-4H3,(H,27,29). The van der Waals surface area contributed by atoms with E-state index < -0.39 is 6.04 Å². The Hall–Kier alpha value is -4.07. The molecular weight excluding hydrogens is 408 g/mol. The van der Waals surface area contributed by atoms with Gasteiger partial charge in [0.1, 0.15) is 34.8 Å². The van der Waals surface area contributed by atoms with Gasteiger partial charge < -0.3 is 24.1 Å². The molecule has 164 valence electrons. The van der Waals surface area contributed by atoms with Gasteiger partial charge in [-0.3, -0.25) is 4.79 Å². The van der Waals surface area contributed by atoms with Crippen LogP contribution in [-0.2, 0) is 7.05 Å². The van der Waals surface area contributed by atoms with Crippen LogP contribution in [0.15, 0.2) is 60.9 Å². The van der Waals surface area contributed by atoms with Crippen molar-refractivity contribution in [1.29, 1.82) is 0 Å². The van der Waals surface area contributed by atoms with Crippen molar-refractivity contribution in [3.8, 4) is 17.2 Å². The van der Waals surface area contributed by atoms with Crippen LogP contribution < -0.4 is 19.5 Å². The van der Waals surface area contributed by atoms with E-state index in [1.165, 1.54) is 0 Å². The highest BCUT2D eigenvalue weighted by Gasteiger charge is 2.23. The summed E-state index contributed by atoms with van der Waals surface area (Å²) >= 11 is 0. The number of hydrogen-bond acceptors (Lipinski definition) is 6. The van der Waals surface area contributed by atoms with Crippen LogP contribution in [-0.4, -0.2) is 41.8 Å². The molecular formula is C24H24N4O4. The van der Waals surface area contributed by atoms with Crippen molar-refractivity contribution >= 4 is 16.8 Å². The first-order valence-electron chi connectivity index (χ1n) is 9.98. The lowest BCUT2D eigenvalue weighted by atomic mass is 10.0. The minimum absolute atomic E-state index is 0.303. The predicted octanol–water partition coefficient (Wildman–Crippen LogP) is 3.51. The van der Waals surface area contributed by atoms with Crippen LogP contribution in [0.1, 0.15) is 27.9 Å². The Bertz CT molecular complexity index is 1250. The number of benzene rings is 2. The molecule has 4 aromatic rings. The summed E-state index contributed by atoms with van der Waals surface area (Å²) in [5, 5.41) is 3.95. The van der Waals surface area contributed by atoms with Gasteiger partial charge in [-0.15, -0.1) is 0 Å². The van der Waals surface area contributed by atoms with E-state index in [-0.39, 0.29) is 5.91 Å². The fourth-order valence-corrected chi connectivity index (χ4v) is 3.51. The number of fused-ring (bicyclic) bond motifs is 1. The second-order valence-corrected chi connectivity index (χ2v) is 7.20. The fraction of sp³-hybridized carbons (Fsp3) is 0.208. The third-order valence-corrected chi connectivity index (χ3v) is 5.23. The number of methoxy groups -OCH3 is 3. The topological polar surface area (TPSA) is 87.5 Å². The number of aromatic nitrogens is 3. The molecule has 1 amide bonds. The van der Waals surface area contributed by atoms with Crippen molar-refractivity contribution in [1.82, 2.24) is 19.9 Å². The number of carbonyl (C=O) groups excluding carboxylic acids is 1.